The highest BCUT2D eigenvalue weighted by Gasteiger charge is 2.25. The van der Waals surface area contributed by atoms with Crippen molar-refractivity contribution in [3.8, 4) is 39.7 Å². The molecular weight excluding hydrogens is 534 g/mol. The van der Waals surface area contributed by atoms with Crippen LogP contribution in [-0.4, -0.2) is 78.9 Å². The second-order valence-electron chi connectivity index (χ2n) is 9.16. The lowest BCUT2D eigenvalue weighted by Crippen LogP contribution is -2.44. The molecule has 216 valence electrons. The number of carbonyl (C=O) groups is 1. The van der Waals surface area contributed by atoms with Crippen LogP contribution < -0.4 is 19.5 Å². The molecule has 0 saturated carbocycles. The number of hydrogen-bond donors (Lipinski definition) is 4. The summed E-state index contributed by atoms with van der Waals surface area (Å²) in [7, 11) is 4.59. The molecule has 0 spiro atoms. The first kappa shape index (κ1) is 29.5. The Kier molecular flexibility index (Phi) is 9.50. The smallest absolute Gasteiger partial charge is 0.251 e. The Bertz CT molecular complexity index is 1500. The first-order chi connectivity index (χ1) is 19.8. The summed E-state index contributed by atoms with van der Waals surface area (Å²) in [4.78, 5) is 27.5. The Morgan fingerprint density at radius 3 is 2.37 bits per heavy atom. The Morgan fingerprint density at radius 2 is 1.71 bits per heavy atom. The van der Waals surface area contributed by atoms with Crippen molar-refractivity contribution in [3.63, 3.8) is 0 Å². The molecule has 2 aromatic carbocycles. The van der Waals surface area contributed by atoms with E-state index in [0.717, 1.165) is 0 Å². The molecule has 12 nitrogen and oxygen atoms in total. The number of ether oxygens (including phenoxy) is 3. The quantitative estimate of drug-likeness (QED) is 0.176. The van der Waals surface area contributed by atoms with Crippen LogP contribution in [0.4, 0.5) is 0 Å². The molecule has 0 bridgehead atoms. The van der Waals surface area contributed by atoms with Gasteiger partial charge in [-0.15, -0.1) is 0 Å². The summed E-state index contributed by atoms with van der Waals surface area (Å²) >= 11 is 0. The fraction of sp³-hybridized carbons (Fsp3) is 0.310. The number of methoxy groups -OCH3 is 3. The average Bonchev–Trinajstić information content (AvgIpc) is 3.45. The van der Waals surface area contributed by atoms with Crippen LogP contribution in [0.5, 0.6) is 17.2 Å². The van der Waals surface area contributed by atoms with Crippen molar-refractivity contribution < 1.29 is 38.7 Å². The summed E-state index contributed by atoms with van der Waals surface area (Å²) in [5.74, 6) is 1.42. The SMILES string of the molecule is COc1cc(-c2cc3nccc(-c4cccc(C(=O)NCC(O)C(O)C(O)CCN=O)c4)c3o2)cc(OC)c1OC. The first-order valence-electron chi connectivity index (χ1n) is 12.7. The highest BCUT2D eigenvalue weighted by molar-refractivity contribution is 5.98. The van der Waals surface area contributed by atoms with E-state index in [1.54, 1.807) is 48.7 Å². The lowest BCUT2D eigenvalue weighted by molar-refractivity contribution is -0.0587. The molecule has 12 heteroatoms. The Morgan fingerprint density at radius 1 is 0.976 bits per heavy atom. The van der Waals surface area contributed by atoms with Gasteiger partial charge in [0.2, 0.25) is 5.75 Å². The van der Waals surface area contributed by atoms with Gasteiger partial charge in [-0.25, -0.2) is 0 Å². The second-order valence-corrected chi connectivity index (χ2v) is 9.16. The van der Waals surface area contributed by atoms with Crippen molar-refractivity contribution in [2.45, 2.75) is 24.7 Å². The van der Waals surface area contributed by atoms with Gasteiger partial charge in [0.05, 0.1) is 40.1 Å². The van der Waals surface area contributed by atoms with Crippen LogP contribution >= 0.6 is 0 Å². The molecular formula is C29H31N3O9. The number of nitrogens with one attached hydrogen (secondary N) is 1. The predicted octanol–water partition coefficient (Wildman–Crippen LogP) is 3.16. The number of aliphatic hydroxyl groups excluding tert-OH is 3. The standard InChI is InChI=1S/C29H31N3O9/c1-38-24-12-18(13-25(39-2)28(24)40-3)23-14-20-27(41-23)19(7-9-30-20)16-5-4-6-17(11-16)29(36)31-15-22(34)26(35)21(33)8-10-32-37/h4-7,9,11-14,21-22,26,33-35H,8,10,15H2,1-3H3,(H,31,36). The summed E-state index contributed by atoms with van der Waals surface area (Å²) in [6.45, 7) is -0.516. The Labute approximate surface area is 235 Å². The van der Waals surface area contributed by atoms with E-state index >= 15 is 0 Å². The number of amides is 1. The minimum absolute atomic E-state index is 0.105. The lowest BCUT2D eigenvalue weighted by atomic mass is 10.0. The van der Waals surface area contributed by atoms with Crippen molar-refractivity contribution in [2.75, 3.05) is 34.4 Å². The van der Waals surface area contributed by atoms with E-state index in [2.05, 4.69) is 15.5 Å². The van der Waals surface area contributed by atoms with Crippen molar-refractivity contribution in [1.29, 1.82) is 0 Å². The fourth-order valence-corrected chi connectivity index (χ4v) is 4.39. The Hall–Kier alpha value is -4.52. The summed E-state index contributed by atoms with van der Waals surface area (Å²) in [6, 6.07) is 13.9. The molecule has 4 N–H and O–H groups in total. The molecule has 2 aromatic heterocycles. The van der Waals surface area contributed by atoms with Gasteiger partial charge in [-0.3, -0.25) is 9.78 Å². The van der Waals surface area contributed by atoms with Crippen molar-refractivity contribution in [3.05, 3.63) is 65.2 Å². The van der Waals surface area contributed by atoms with Crippen LogP contribution in [0.25, 0.3) is 33.6 Å². The van der Waals surface area contributed by atoms with Crippen molar-refractivity contribution in [2.24, 2.45) is 5.18 Å². The zero-order valence-corrected chi connectivity index (χ0v) is 22.7. The third-order valence-corrected chi connectivity index (χ3v) is 6.57. The van der Waals surface area contributed by atoms with E-state index in [-0.39, 0.29) is 19.5 Å². The molecule has 4 aromatic rings. The van der Waals surface area contributed by atoms with E-state index in [1.165, 1.54) is 21.3 Å². The summed E-state index contributed by atoms with van der Waals surface area (Å²) < 4.78 is 22.6. The van der Waals surface area contributed by atoms with Crippen LogP contribution in [0.3, 0.4) is 0 Å². The third-order valence-electron chi connectivity index (χ3n) is 6.57. The zero-order valence-electron chi connectivity index (χ0n) is 22.7. The highest BCUT2D eigenvalue weighted by atomic mass is 16.5. The van der Waals surface area contributed by atoms with E-state index < -0.39 is 24.2 Å². The maximum Gasteiger partial charge on any atom is 0.251 e. The minimum atomic E-state index is -1.55. The van der Waals surface area contributed by atoms with Crippen LogP contribution in [0.15, 0.2) is 64.3 Å². The third kappa shape index (κ3) is 6.46. The number of pyridine rings is 1. The number of nitroso groups, excluding NO2 is 1. The number of fused-ring (bicyclic) bond motifs is 1. The summed E-state index contributed by atoms with van der Waals surface area (Å²) in [5.41, 5.74) is 3.48. The summed E-state index contributed by atoms with van der Waals surface area (Å²) in [5, 5.41) is 35.2. The van der Waals surface area contributed by atoms with Gasteiger partial charge in [0.25, 0.3) is 5.91 Å². The molecule has 0 aliphatic rings. The molecule has 3 unspecified atom stereocenters. The van der Waals surface area contributed by atoms with Crippen LogP contribution in [0.2, 0.25) is 0 Å². The molecule has 3 atom stereocenters. The largest absolute Gasteiger partial charge is 0.493 e. The first-order valence-corrected chi connectivity index (χ1v) is 12.7. The van der Waals surface area contributed by atoms with E-state index in [9.17, 15) is 25.0 Å². The molecule has 0 fully saturated rings. The minimum Gasteiger partial charge on any atom is -0.493 e. The average molecular weight is 566 g/mol. The maximum atomic E-state index is 12.8. The molecule has 0 aliphatic carbocycles. The van der Waals surface area contributed by atoms with Gasteiger partial charge in [-0.1, -0.05) is 17.3 Å². The molecule has 0 saturated heterocycles. The van der Waals surface area contributed by atoms with Gasteiger partial charge >= 0.3 is 0 Å². The number of carbonyl (C=O) groups excluding carboxylic acids is 1. The molecule has 41 heavy (non-hydrogen) atoms. The van der Waals surface area contributed by atoms with Gasteiger partial charge in [0, 0.05) is 35.5 Å². The molecule has 0 aliphatic heterocycles. The number of hydrogen-bond acceptors (Lipinski definition) is 11. The van der Waals surface area contributed by atoms with Gasteiger partial charge in [0.1, 0.15) is 17.4 Å². The topological polar surface area (TPSA) is 173 Å². The highest BCUT2D eigenvalue weighted by Crippen LogP contribution is 2.42. The molecule has 2 heterocycles. The van der Waals surface area contributed by atoms with Crippen molar-refractivity contribution in [1.82, 2.24) is 10.3 Å². The van der Waals surface area contributed by atoms with Crippen LogP contribution in [-0.2, 0) is 0 Å². The zero-order chi connectivity index (χ0) is 29.5. The van der Waals surface area contributed by atoms with E-state index in [4.69, 9.17) is 18.6 Å². The normalized spacial score (nSPS) is 13.3. The fourth-order valence-electron chi connectivity index (χ4n) is 4.39. The monoisotopic (exact) mass is 565 g/mol. The maximum absolute atomic E-state index is 12.8. The number of furan rings is 1. The van der Waals surface area contributed by atoms with Crippen LogP contribution in [0, 0.1) is 4.91 Å². The van der Waals surface area contributed by atoms with Crippen LogP contribution in [0.1, 0.15) is 16.8 Å². The number of nitrogens with zero attached hydrogens (tertiary/aromatic N) is 2. The van der Waals surface area contributed by atoms with Crippen molar-refractivity contribution >= 4 is 17.0 Å². The van der Waals surface area contributed by atoms with Gasteiger partial charge < -0.3 is 39.3 Å². The predicted molar refractivity (Wildman–Crippen MR) is 150 cm³/mol. The van der Waals surface area contributed by atoms with Gasteiger partial charge in [-0.2, -0.15) is 4.91 Å². The number of aromatic nitrogens is 1. The number of benzene rings is 2. The Balaban J connectivity index is 1.58. The molecule has 4 rings (SSSR count). The van der Waals surface area contributed by atoms with Gasteiger partial charge in [-0.05, 0) is 42.3 Å². The number of aliphatic hydroxyl groups is 3. The molecule has 0 radical (unpaired) electrons. The molecule has 1 amide bonds. The number of rotatable bonds is 13. The van der Waals surface area contributed by atoms with E-state index in [0.29, 0.717) is 56.4 Å². The van der Waals surface area contributed by atoms with E-state index in [1.807, 2.05) is 6.07 Å². The second kappa shape index (κ2) is 13.2. The summed E-state index contributed by atoms with van der Waals surface area (Å²) in [6.07, 6.45) is -2.81. The lowest BCUT2D eigenvalue weighted by Gasteiger charge is -2.22. The van der Waals surface area contributed by atoms with Gasteiger partial charge in [0.15, 0.2) is 17.1 Å².